The molecule has 0 aliphatic heterocycles. The van der Waals surface area contributed by atoms with Crippen LogP contribution in [0.1, 0.15) is 46.5 Å². The number of carboxylic acids is 1. The molecule has 1 saturated carbocycles. The molecular formula is C14H26N2O4. The third-order valence-corrected chi connectivity index (χ3v) is 3.43. The number of carbonyl (C=O) groups is 2. The highest BCUT2D eigenvalue weighted by atomic mass is 16.5. The monoisotopic (exact) mass is 286 g/mol. The van der Waals surface area contributed by atoms with Crippen molar-refractivity contribution in [2.45, 2.75) is 58.6 Å². The maximum atomic E-state index is 11.7. The van der Waals surface area contributed by atoms with Gasteiger partial charge in [-0.3, -0.25) is 0 Å². The summed E-state index contributed by atoms with van der Waals surface area (Å²) in [6, 6.07) is -1.39. The number of hydrogen-bond donors (Lipinski definition) is 3. The molecule has 20 heavy (non-hydrogen) atoms. The molecule has 1 unspecified atom stereocenters. The van der Waals surface area contributed by atoms with Crippen molar-refractivity contribution in [3.63, 3.8) is 0 Å². The van der Waals surface area contributed by atoms with E-state index < -0.39 is 23.5 Å². The normalized spacial score (nSPS) is 17.8. The SMILES string of the molecule is CC(C)(C)C(NC(=O)NCCOC1CCCC1)C(=O)O. The van der Waals surface area contributed by atoms with E-state index in [4.69, 9.17) is 9.84 Å². The third-order valence-electron chi connectivity index (χ3n) is 3.43. The molecule has 116 valence electrons. The van der Waals surface area contributed by atoms with Crippen molar-refractivity contribution in [3.05, 3.63) is 0 Å². The number of nitrogens with one attached hydrogen (secondary N) is 2. The Labute approximate surface area is 120 Å². The van der Waals surface area contributed by atoms with Crippen molar-refractivity contribution in [1.82, 2.24) is 10.6 Å². The average molecular weight is 286 g/mol. The van der Waals surface area contributed by atoms with Crippen LogP contribution >= 0.6 is 0 Å². The fourth-order valence-corrected chi connectivity index (χ4v) is 2.28. The fraction of sp³-hybridized carbons (Fsp3) is 0.857. The molecule has 1 fully saturated rings. The van der Waals surface area contributed by atoms with E-state index in [1.54, 1.807) is 20.8 Å². The van der Waals surface area contributed by atoms with E-state index in [-0.39, 0.29) is 0 Å². The fourth-order valence-electron chi connectivity index (χ4n) is 2.28. The first-order valence-electron chi connectivity index (χ1n) is 7.19. The Morgan fingerprint density at radius 3 is 2.40 bits per heavy atom. The summed E-state index contributed by atoms with van der Waals surface area (Å²) in [5, 5.41) is 14.2. The predicted molar refractivity (Wildman–Crippen MR) is 75.6 cm³/mol. The van der Waals surface area contributed by atoms with Crippen LogP contribution in [0.25, 0.3) is 0 Å². The van der Waals surface area contributed by atoms with Gasteiger partial charge in [0.1, 0.15) is 6.04 Å². The van der Waals surface area contributed by atoms with Crippen molar-refractivity contribution in [2.24, 2.45) is 5.41 Å². The maximum absolute atomic E-state index is 11.7. The second-order valence-corrected chi connectivity index (χ2v) is 6.31. The number of ether oxygens (including phenoxy) is 1. The minimum atomic E-state index is -1.03. The van der Waals surface area contributed by atoms with E-state index >= 15 is 0 Å². The van der Waals surface area contributed by atoms with Crippen molar-refractivity contribution >= 4 is 12.0 Å². The Bertz CT molecular complexity index is 333. The summed E-state index contributed by atoms with van der Waals surface area (Å²) in [6.07, 6.45) is 4.94. The Kier molecular flexibility index (Phi) is 6.26. The number of hydrogen-bond acceptors (Lipinski definition) is 3. The van der Waals surface area contributed by atoms with Gasteiger partial charge in [0.15, 0.2) is 0 Å². The van der Waals surface area contributed by atoms with Crippen LogP contribution in [0.15, 0.2) is 0 Å². The number of aliphatic carboxylic acids is 1. The van der Waals surface area contributed by atoms with Gasteiger partial charge in [0, 0.05) is 6.54 Å². The lowest BCUT2D eigenvalue weighted by molar-refractivity contribution is -0.141. The van der Waals surface area contributed by atoms with Gasteiger partial charge in [0.25, 0.3) is 0 Å². The lowest BCUT2D eigenvalue weighted by Gasteiger charge is -2.27. The Balaban J connectivity index is 2.22. The molecule has 6 heteroatoms. The van der Waals surface area contributed by atoms with Crippen molar-refractivity contribution in [3.8, 4) is 0 Å². The molecule has 6 nitrogen and oxygen atoms in total. The van der Waals surface area contributed by atoms with Crippen LogP contribution < -0.4 is 10.6 Å². The second-order valence-electron chi connectivity index (χ2n) is 6.31. The number of amides is 2. The molecule has 0 spiro atoms. The van der Waals surface area contributed by atoms with Gasteiger partial charge in [-0.25, -0.2) is 9.59 Å². The summed E-state index contributed by atoms with van der Waals surface area (Å²) >= 11 is 0. The lowest BCUT2D eigenvalue weighted by atomic mass is 9.87. The van der Waals surface area contributed by atoms with E-state index in [9.17, 15) is 9.59 Å². The predicted octanol–water partition coefficient (Wildman–Crippen LogP) is 1.74. The third kappa shape index (κ3) is 5.77. The highest BCUT2D eigenvalue weighted by Gasteiger charge is 2.32. The number of urea groups is 1. The van der Waals surface area contributed by atoms with Crippen LogP contribution in [-0.2, 0) is 9.53 Å². The van der Waals surface area contributed by atoms with Gasteiger partial charge in [-0.15, -0.1) is 0 Å². The summed E-state index contributed by atoms with van der Waals surface area (Å²) < 4.78 is 5.61. The zero-order valence-corrected chi connectivity index (χ0v) is 12.6. The molecule has 0 bridgehead atoms. The first-order chi connectivity index (χ1) is 9.30. The molecule has 3 N–H and O–H groups in total. The zero-order valence-electron chi connectivity index (χ0n) is 12.6. The van der Waals surface area contributed by atoms with Crippen LogP contribution in [0.5, 0.6) is 0 Å². The lowest BCUT2D eigenvalue weighted by Crippen LogP contribution is -2.52. The van der Waals surface area contributed by atoms with Crippen LogP contribution in [-0.4, -0.2) is 42.4 Å². The van der Waals surface area contributed by atoms with E-state index in [1.165, 1.54) is 12.8 Å². The highest BCUT2D eigenvalue weighted by Crippen LogP contribution is 2.20. The summed E-state index contributed by atoms with van der Waals surface area (Å²) in [7, 11) is 0. The zero-order chi connectivity index (χ0) is 15.2. The Morgan fingerprint density at radius 1 is 1.30 bits per heavy atom. The van der Waals surface area contributed by atoms with E-state index in [2.05, 4.69) is 10.6 Å². The second kappa shape index (κ2) is 7.47. The molecule has 0 aromatic rings. The van der Waals surface area contributed by atoms with Crippen molar-refractivity contribution < 1.29 is 19.4 Å². The summed E-state index contributed by atoms with van der Waals surface area (Å²) in [6.45, 7) is 6.17. The molecule has 1 rings (SSSR count). The molecule has 0 aromatic heterocycles. The number of rotatable bonds is 6. The molecule has 0 heterocycles. The van der Waals surface area contributed by atoms with Crippen LogP contribution in [0.3, 0.4) is 0 Å². The number of carbonyl (C=O) groups excluding carboxylic acids is 1. The molecule has 0 radical (unpaired) electrons. The summed E-state index contributed by atoms with van der Waals surface area (Å²) in [4.78, 5) is 22.8. The Hall–Kier alpha value is -1.30. The molecule has 0 aromatic carbocycles. The molecule has 1 aliphatic carbocycles. The largest absolute Gasteiger partial charge is 0.480 e. The smallest absolute Gasteiger partial charge is 0.326 e. The van der Waals surface area contributed by atoms with E-state index in [0.29, 0.717) is 19.3 Å². The standard InChI is InChI=1S/C14H26N2O4/c1-14(2,3)11(12(17)18)16-13(19)15-8-9-20-10-6-4-5-7-10/h10-11H,4-9H2,1-3H3,(H,17,18)(H2,15,16,19). The molecule has 0 saturated heterocycles. The van der Waals surface area contributed by atoms with Crippen LogP contribution in [0.4, 0.5) is 4.79 Å². The topological polar surface area (TPSA) is 87.7 Å². The highest BCUT2D eigenvalue weighted by molar-refractivity contribution is 5.83. The first-order valence-corrected chi connectivity index (χ1v) is 7.19. The first kappa shape index (κ1) is 16.8. The van der Waals surface area contributed by atoms with Gasteiger partial charge < -0.3 is 20.5 Å². The van der Waals surface area contributed by atoms with Crippen molar-refractivity contribution in [2.75, 3.05) is 13.2 Å². The van der Waals surface area contributed by atoms with Crippen LogP contribution in [0.2, 0.25) is 0 Å². The summed E-state index contributed by atoms with van der Waals surface area (Å²) in [5.41, 5.74) is -0.538. The van der Waals surface area contributed by atoms with Gasteiger partial charge in [0.2, 0.25) is 0 Å². The van der Waals surface area contributed by atoms with Gasteiger partial charge in [0.05, 0.1) is 12.7 Å². The minimum absolute atomic E-state index is 0.321. The minimum Gasteiger partial charge on any atom is -0.480 e. The molecule has 1 aliphatic rings. The summed E-state index contributed by atoms with van der Waals surface area (Å²) in [5.74, 6) is -1.03. The quantitative estimate of drug-likeness (QED) is 0.649. The maximum Gasteiger partial charge on any atom is 0.326 e. The van der Waals surface area contributed by atoms with Gasteiger partial charge in [-0.1, -0.05) is 33.6 Å². The van der Waals surface area contributed by atoms with Gasteiger partial charge in [-0.05, 0) is 18.3 Å². The van der Waals surface area contributed by atoms with Gasteiger partial charge >= 0.3 is 12.0 Å². The molecular weight excluding hydrogens is 260 g/mol. The van der Waals surface area contributed by atoms with Crippen molar-refractivity contribution in [1.29, 1.82) is 0 Å². The van der Waals surface area contributed by atoms with Crippen LogP contribution in [0, 0.1) is 5.41 Å². The van der Waals surface area contributed by atoms with Gasteiger partial charge in [-0.2, -0.15) is 0 Å². The van der Waals surface area contributed by atoms with E-state index in [0.717, 1.165) is 12.8 Å². The molecule has 1 atom stereocenters. The molecule has 2 amide bonds. The number of carboxylic acid groups (broad SMARTS) is 1. The van der Waals surface area contributed by atoms with E-state index in [1.807, 2.05) is 0 Å². The Morgan fingerprint density at radius 2 is 1.90 bits per heavy atom. The average Bonchev–Trinajstić information content (AvgIpc) is 2.83.